The molecule has 0 amide bonds. The van der Waals surface area contributed by atoms with Gasteiger partial charge < -0.3 is 24.5 Å². The van der Waals surface area contributed by atoms with Gasteiger partial charge in [0.2, 0.25) is 0 Å². The third-order valence-corrected chi connectivity index (χ3v) is 39.8. The summed E-state index contributed by atoms with van der Waals surface area (Å²) in [5.41, 5.74) is 7.83. The maximum atomic E-state index is 3.31. The Labute approximate surface area is 939 Å². The number of piperazine rings is 1. The monoisotopic (exact) mass is 2100 g/mol. The lowest BCUT2D eigenvalue weighted by atomic mass is 9.62. The van der Waals surface area contributed by atoms with Crippen molar-refractivity contribution in [3.05, 3.63) is 0 Å². The van der Waals surface area contributed by atoms with Crippen LogP contribution >= 0.6 is 0 Å². The lowest BCUT2D eigenvalue weighted by molar-refractivity contribution is -0.0246. The van der Waals surface area contributed by atoms with Crippen LogP contribution in [0.3, 0.4) is 0 Å². The number of fused-ring (bicyclic) bond motifs is 3. The van der Waals surface area contributed by atoms with E-state index >= 15 is 0 Å². The number of likely N-dealkylation sites (tertiary alicyclic amines) is 13. The van der Waals surface area contributed by atoms with Crippen molar-refractivity contribution in [3.63, 3.8) is 0 Å². The Kier molecular flexibility index (Phi) is 47.6. The van der Waals surface area contributed by atoms with Gasteiger partial charge in [0.1, 0.15) is 0 Å². The fourth-order valence-corrected chi connectivity index (χ4v) is 28.9. The van der Waals surface area contributed by atoms with E-state index in [4.69, 9.17) is 0 Å². The number of piperidine rings is 10. The molecule has 2 spiro atoms. The Balaban J connectivity index is 0.000000209. The molecule has 14 saturated heterocycles. The van der Waals surface area contributed by atoms with Crippen molar-refractivity contribution in [1.82, 2.24) is 73.5 Å². The predicted molar refractivity (Wildman–Crippen MR) is 660 cm³/mol. The van der Waals surface area contributed by atoms with Crippen LogP contribution in [0.4, 0.5) is 0 Å². The second-order valence-electron chi connectivity index (χ2n) is 70.4. The van der Waals surface area contributed by atoms with E-state index in [2.05, 4.69) is 425 Å². The average Bonchev–Trinajstić information content (AvgIpc) is 1.55. The molecule has 0 radical (unpaired) electrons. The molecule has 14 aliphatic heterocycles. The predicted octanol–water partition coefficient (Wildman–Crippen LogP) is 28.8. The lowest BCUT2D eigenvalue weighted by Gasteiger charge is -2.52. The van der Waals surface area contributed by atoms with Crippen LogP contribution in [0.1, 0.15) is 468 Å². The van der Waals surface area contributed by atoms with Crippen LogP contribution in [0.15, 0.2) is 0 Å². The second kappa shape index (κ2) is 53.3. The molecule has 4 unspecified atom stereocenters. The van der Waals surface area contributed by atoms with Crippen molar-refractivity contribution in [2.24, 2.45) is 107 Å². The van der Waals surface area contributed by atoms with Gasteiger partial charge in [-0.05, 0) is 543 Å². The van der Waals surface area contributed by atoms with Crippen LogP contribution in [-0.4, -0.2) is 358 Å². The van der Waals surface area contributed by atoms with Gasteiger partial charge in [-0.2, -0.15) is 0 Å². The Morgan fingerprint density at radius 1 is 0.247 bits per heavy atom. The van der Waals surface area contributed by atoms with Gasteiger partial charge in [0.05, 0.1) is 6.54 Å². The van der Waals surface area contributed by atoms with E-state index in [1.165, 1.54) is 338 Å². The van der Waals surface area contributed by atoms with E-state index in [0.29, 0.717) is 98.6 Å². The SMILES string of the molecule is CC(C)(C)C#CCN1CCN(C(C)(C)C)CC1.CC(C)(C)CC1CC(N2CCC(C)(C(C)(C)C)CC2)C1.CC(C)(C)CN1CCC(C(C)(C)C)CC1.CC(C)(C)CN1CCC2CCN(C(C)(C)C)CC2C1.CC(C)(C)CN1CCCC2(CCN(C(C)(C)C)CC2)C1.CC(C)(C)N1CCC(CN2CC3CN(C(C)(C)C)CC3C2)CC1.CC(C)(C)N1CCC2(CC1)CCN(C(C)(C)C)C2.CC(C)(C)N1CCC2CCN(C(C)(C)C)CC2C1. The molecule has 1 aliphatic carbocycles. The third-order valence-electron chi connectivity index (χ3n) is 39.8. The molecule has 0 aromatic rings. The van der Waals surface area contributed by atoms with Crippen LogP contribution in [0, 0.1) is 119 Å². The molecule has 15 nitrogen and oxygen atoms in total. The van der Waals surface area contributed by atoms with Crippen molar-refractivity contribution in [2.45, 2.75) is 524 Å². The minimum absolute atomic E-state index is 0.132. The summed E-state index contributed by atoms with van der Waals surface area (Å²) in [5.74, 6) is 15.1. The first kappa shape index (κ1) is 134. The van der Waals surface area contributed by atoms with Crippen molar-refractivity contribution in [3.8, 4) is 11.8 Å². The van der Waals surface area contributed by atoms with Crippen molar-refractivity contribution in [1.29, 1.82) is 0 Å². The molecule has 0 bridgehead atoms. The molecule has 15 rings (SSSR count). The number of rotatable bonds is 8. The number of nitrogens with zero attached hydrogens (tertiary/aromatic N) is 15. The van der Waals surface area contributed by atoms with Crippen molar-refractivity contribution < 1.29 is 0 Å². The number of hydrogen-bond acceptors (Lipinski definition) is 15. The van der Waals surface area contributed by atoms with Gasteiger partial charge in [0, 0.05) is 179 Å². The topological polar surface area (TPSA) is 48.6 Å². The average molecular weight is 2100 g/mol. The Hall–Kier alpha value is -1.04. The minimum atomic E-state index is 0.132. The molecule has 882 valence electrons. The van der Waals surface area contributed by atoms with Gasteiger partial charge in [0.25, 0.3) is 0 Å². The molecule has 1 saturated carbocycles. The van der Waals surface area contributed by atoms with E-state index in [9.17, 15) is 0 Å². The van der Waals surface area contributed by atoms with Crippen molar-refractivity contribution >= 4 is 0 Å². The Bertz CT molecular complexity index is 3840. The maximum absolute atomic E-state index is 3.31. The summed E-state index contributed by atoms with van der Waals surface area (Å²) in [5, 5.41) is 0. The van der Waals surface area contributed by atoms with Gasteiger partial charge in [-0.15, -0.1) is 0 Å². The largest absolute Gasteiger partial charge is 0.303 e. The highest BCUT2D eigenvalue weighted by Crippen LogP contribution is 2.51. The van der Waals surface area contributed by atoms with Crippen LogP contribution in [0.25, 0.3) is 0 Å². The summed E-state index contributed by atoms with van der Waals surface area (Å²) in [6.07, 6.45) is 28.3. The van der Waals surface area contributed by atoms with Gasteiger partial charge in [-0.1, -0.05) is 143 Å². The highest BCUT2D eigenvalue weighted by atomic mass is 15.3. The second-order valence-corrected chi connectivity index (χ2v) is 70.4. The van der Waals surface area contributed by atoms with E-state index in [0.717, 1.165) is 78.9 Å². The van der Waals surface area contributed by atoms with Gasteiger partial charge in [-0.25, -0.2) is 0 Å². The van der Waals surface area contributed by atoms with E-state index in [1.807, 2.05) is 0 Å². The van der Waals surface area contributed by atoms with Crippen LogP contribution in [-0.2, 0) is 0 Å². The maximum Gasteiger partial charge on any atom is 0.0602 e. The summed E-state index contributed by atoms with van der Waals surface area (Å²) < 4.78 is 0. The zero-order chi connectivity index (χ0) is 113. The first-order valence-electron chi connectivity index (χ1n) is 63.7. The fraction of sp³-hybridized carbons (Fsp3) is 0.985. The zero-order valence-corrected chi connectivity index (χ0v) is 111. The summed E-state index contributed by atoms with van der Waals surface area (Å²) in [6.45, 7) is 160. The number of hydrogen-bond donors (Lipinski definition) is 0. The molecule has 4 atom stereocenters. The summed E-state index contributed by atoms with van der Waals surface area (Å²) in [6, 6.07) is 0.909. The summed E-state index contributed by atoms with van der Waals surface area (Å²) >= 11 is 0. The molecule has 0 aromatic heterocycles. The molecule has 0 N–H and O–H groups in total. The molecular weight excluding hydrogens is 1830 g/mol. The quantitative estimate of drug-likeness (QED) is 0.217. The van der Waals surface area contributed by atoms with Gasteiger partial charge in [-0.3, -0.25) is 49.0 Å². The Morgan fingerprint density at radius 2 is 0.573 bits per heavy atom. The van der Waals surface area contributed by atoms with Crippen LogP contribution < -0.4 is 0 Å². The van der Waals surface area contributed by atoms with E-state index in [1.54, 1.807) is 0 Å². The molecule has 150 heavy (non-hydrogen) atoms. The highest BCUT2D eigenvalue weighted by molar-refractivity contribution is 5.10. The molecule has 15 fully saturated rings. The smallest absolute Gasteiger partial charge is 0.0602 e. The zero-order valence-electron chi connectivity index (χ0n) is 111. The molecule has 15 aliphatic rings. The highest BCUT2D eigenvalue weighted by Gasteiger charge is 2.51. The first-order chi connectivity index (χ1) is 68.0. The van der Waals surface area contributed by atoms with Gasteiger partial charge >= 0.3 is 0 Å². The first-order valence-corrected chi connectivity index (χ1v) is 63.7. The Morgan fingerprint density at radius 3 is 0.940 bits per heavy atom. The molecule has 0 aromatic carbocycles. The molecular formula is C135H267N15. The van der Waals surface area contributed by atoms with E-state index < -0.39 is 0 Å². The molecule has 14 heterocycles. The van der Waals surface area contributed by atoms with Crippen LogP contribution in [0.2, 0.25) is 0 Å². The summed E-state index contributed by atoms with van der Waals surface area (Å²) in [7, 11) is 0. The van der Waals surface area contributed by atoms with Crippen molar-refractivity contribution in [2.75, 3.05) is 229 Å². The standard InChI is InChI=1S/C20H39N3.C19H37N.C18H36N2.C17H34N2.2C16H32N2.C15H28N2.C14H29N/c1-19(2,3)22-9-7-16(8-10-22)11-21-12-17-14-23(20(4,5)6)15-18(17)13-21;1-17(2,3)14-15-12-16(13-15)20-10-8-19(7,9-11-20)18(4,5)6;1-16(2,3)14-19-11-7-8-18(15-19)9-12-20(13-10-18)17(4,5)6;1-16(2,3)13-18-9-7-14-8-10-19(17(4,5)6)12-15(14)11-18;1-14(2,3)17-10-7-16(8-11-17)9-12-18(13-16)15(4,5)6;1-15(2,3)17-9-7-13-8-10-18(16(4,5)6)12-14(13)11-17;1-14(2,3)8-7-9-16-10-12-17(13-11-16)15(4,5)6;1-13(2,3)11-15-9-7-12(8-10-15)14(4,5)6/h16-18H,7-15H2,1-6H3;15-16H,8-14H2,1-7H3;7-15H2,1-6H3;14-15H,7-13H2,1-6H3;7-13H2,1-6H3;13-14H,7-12H2,1-6H3;9-13H2,1-6H3;12H,7-11H2,1-6H3. The lowest BCUT2D eigenvalue weighted by Crippen LogP contribution is -2.57. The van der Waals surface area contributed by atoms with Crippen LogP contribution in [0.5, 0.6) is 0 Å². The summed E-state index contributed by atoms with van der Waals surface area (Å²) in [4.78, 5) is 40.2. The fourth-order valence-electron chi connectivity index (χ4n) is 28.9. The molecule has 15 heteroatoms. The minimum Gasteiger partial charge on any atom is -0.303 e. The van der Waals surface area contributed by atoms with Gasteiger partial charge in [0.15, 0.2) is 0 Å². The van der Waals surface area contributed by atoms with E-state index in [-0.39, 0.29) is 5.41 Å². The normalized spacial score (nSPS) is 28.3. The third kappa shape index (κ3) is 44.9.